The van der Waals surface area contributed by atoms with Gasteiger partial charge in [-0.15, -0.1) is 0 Å². The molecular weight excluding hydrogens is 437 g/mol. The number of hydrogen-bond donors (Lipinski definition) is 1. The molecule has 0 atom stereocenters. The van der Waals surface area contributed by atoms with Gasteiger partial charge in [0.15, 0.2) is 0 Å². The molecule has 1 fully saturated rings. The van der Waals surface area contributed by atoms with E-state index in [4.69, 9.17) is 0 Å². The van der Waals surface area contributed by atoms with Crippen LogP contribution in [0.15, 0.2) is 54.6 Å². The lowest BCUT2D eigenvalue weighted by Crippen LogP contribution is -2.50. The number of nitrogens with one attached hydrogen (secondary N) is 1. The Kier molecular flexibility index (Phi) is 7.04. The van der Waals surface area contributed by atoms with Gasteiger partial charge in [-0.3, -0.25) is 19.8 Å². The summed E-state index contributed by atoms with van der Waals surface area (Å²) in [6.45, 7) is 4.61. The van der Waals surface area contributed by atoms with Crippen LogP contribution in [0.4, 0.5) is 10.1 Å². The fourth-order valence-corrected chi connectivity index (χ4v) is 4.15. The highest BCUT2D eigenvalue weighted by Crippen LogP contribution is 2.35. The molecule has 0 aliphatic carbocycles. The van der Waals surface area contributed by atoms with E-state index < -0.39 is 4.92 Å². The second-order valence-corrected chi connectivity index (χ2v) is 8.69. The van der Waals surface area contributed by atoms with Gasteiger partial charge in [0.05, 0.1) is 21.7 Å². The van der Waals surface area contributed by atoms with Crippen molar-refractivity contribution in [3.8, 4) is 22.5 Å². The van der Waals surface area contributed by atoms with Gasteiger partial charge in [0, 0.05) is 51.0 Å². The second-order valence-electron chi connectivity index (χ2n) is 8.69. The number of rotatable bonds is 7. The number of nitro groups is 1. The van der Waals surface area contributed by atoms with Crippen molar-refractivity contribution in [3.05, 3.63) is 76.1 Å². The van der Waals surface area contributed by atoms with Crippen LogP contribution in [-0.4, -0.2) is 83.9 Å². The van der Waals surface area contributed by atoms with E-state index in [-0.39, 0.29) is 17.4 Å². The van der Waals surface area contributed by atoms with E-state index in [1.165, 1.54) is 18.2 Å². The number of hydrogen-bond acceptors (Lipinski definition) is 5. The zero-order valence-corrected chi connectivity index (χ0v) is 19.3. The monoisotopic (exact) mass is 465 g/mol. The number of benzene rings is 2. The molecule has 1 aliphatic heterocycles. The Morgan fingerprint density at radius 3 is 2.41 bits per heavy atom. The Labute approximate surface area is 197 Å². The Hall–Kier alpha value is -3.56. The number of carbonyl (C=O) groups excluding carboxylic acids is 1. The second kappa shape index (κ2) is 10.1. The summed E-state index contributed by atoms with van der Waals surface area (Å²) < 4.78 is 13.4. The zero-order valence-electron chi connectivity index (χ0n) is 19.3. The Morgan fingerprint density at radius 2 is 1.76 bits per heavy atom. The Balaban J connectivity index is 1.67. The van der Waals surface area contributed by atoms with Crippen molar-refractivity contribution < 1.29 is 14.1 Å². The third kappa shape index (κ3) is 5.16. The number of H-pyrrole nitrogens is 1. The molecule has 3 aromatic rings. The fraction of sp³-hybridized carbons (Fsp3) is 0.320. The third-order valence-electron chi connectivity index (χ3n) is 6.10. The SMILES string of the molecule is CN(C)CCN1CCN(C(=O)c2cc(-c3ccc(F)cc3)[nH]c2-c2ccccc2[N+](=O)[O-])CC1. The van der Waals surface area contributed by atoms with Crippen LogP contribution < -0.4 is 0 Å². The molecule has 1 aliphatic rings. The predicted octanol–water partition coefficient (Wildman–Crippen LogP) is 3.72. The summed E-state index contributed by atoms with van der Waals surface area (Å²) in [5.41, 5.74) is 2.31. The van der Waals surface area contributed by atoms with Crippen molar-refractivity contribution >= 4 is 11.6 Å². The molecule has 8 nitrogen and oxygen atoms in total. The quantitative estimate of drug-likeness (QED) is 0.425. The number of carbonyl (C=O) groups is 1. The molecule has 1 N–H and O–H groups in total. The molecule has 0 unspecified atom stereocenters. The number of nitro benzene ring substituents is 1. The lowest BCUT2D eigenvalue weighted by Gasteiger charge is -2.35. The standard InChI is InChI=1S/C25H28FN5O3/c1-28(2)11-12-29-13-15-30(16-14-29)25(32)21-17-22(18-7-9-19(26)10-8-18)27-24(21)20-5-3-4-6-23(20)31(33)34/h3-10,17,27H,11-16H2,1-2H3. The van der Waals surface area contributed by atoms with Gasteiger partial charge < -0.3 is 14.8 Å². The van der Waals surface area contributed by atoms with E-state index in [9.17, 15) is 19.3 Å². The highest BCUT2D eigenvalue weighted by molar-refractivity contribution is 6.02. The minimum absolute atomic E-state index is 0.0856. The highest BCUT2D eigenvalue weighted by Gasteiger charge is 2.28. The minimum atomic E-state index is -0.453. The van der Waals surface area contributed by atoms with Gasteiger partial charge >= 0.3 is 0 Å². The van der Waals surface area contributed by atoms with Crippen LogP contribution >= 0.6 is 0 Å². The number of piperazine rings is 1. The maximum Gasteiger partial charge on any atom is 0.278 e. The molecule has 178 valence electrons. The molecule has 2 heterocycles. The summed E-state index contributed by atoms with van der Waals surface area (Å²) >= 11 is 0. The molecule has 0 radical (unpaired) electrons. The lowest BCUT2D eigenvalue weighted by atomic mass is 10.0. The van der Waals surface area contributed by atoms with Crippen molar-refractivity contribution in [1.82, 2.24) is 19.7 Å². The maximum atomic E-state index is 13.6. The van der Waals surface area contributed by atoms with Crippen LogP contribution in [0.5, 0.6) is 0 Å². The van der Waals surface area contributed by atoms with E-state index in [0.717, 1.165) is 26.2 Å². The normalized spacial score (nSPS) is 14.5. The van der Waals surface area contributed by atoms with E-state index in [1.54, 1.807) is 41.3 Å². The number of aromatic nitrogens is 1. The summed E-state index contributed by atoms with van der Waals surface area (Å²) in [5.74, 6) is -0.539. The smallest absolute Gasteiger partial charge is 0.278 e. The first-order valence-corrected chi connectivity index (χ1v) is 11.2. The zero-order chi connectivity index (χ0) is 24.2. The number of halogens is 1. The Bertz CT molecular complexity index is 1170. The highest BCUT2D eigenvalue weighted by atomic mass is 19.1. The Morgan fingerprint density at radius 1 is 1.09 bits per heavy atom. The minimum Gasteiger partial charge on any atom is -0.354 e. The van der Waals surface area contributed by atoms with E-state index >= 15 is 0 Å². The molecule has 9 heteroatoms. The van der Waals surface area contributed by atoms with Crippen molar-refractivity contribution in [1.29, 1.82) is 0 Å². The first-order valence-electron chi connectivity index (χ1n) is 11.2. The molecule has 0 bridgehead atoms. The first-order chi connectivity index (χ1) is 16.3. The van der Waals surface area contributed by atoms with Crippen molar-refractivity contribution in [2.75, 3.05) is 53.4 Å². The van der Waals surface area contributed by atoms with E-state index in [2.05, 4.69) is 14.8 Å². The first kappa shape index (κ1) is 23.6. The molecule has 1 aromatic heterocycles. The van der Waals surface area contributed by atoms with Crippen LogP contribution in [0.1, 0.15) is 10.4 Å². The molecule has 1 saturated heterocycles. The van der Waals surface area contributed by atoms with Gasteiger partial charge in [0.25, 0.3) is 11.6 Å². The molecule has 4 rings (SSSR count). The van der Waals surface area contributed by atoms with Gasteiger partial charge in [-0.1, -0.05) is 12.1 Å². The molecule has 2 aromatic carbocycles. The summed E-state index contributed by atoms with van der Waals surface area (Å²) in [4.78, 5) is 34.3. The number of para-hydroxylation sites is 1. The van der Waals surface area contributed by atoms with Gasteiger partial charge in [-0.2, -0.15) is 0 Å². The molecular formula is C25H28FN5O3. The number of likely N-dealkylation sites (N-methyl/N-ethyl adjacent to an activating group) is 1. The molecule has 1 amide bonds. The average molecular weight is 466 g/mol. The van der Waals surface area contributed by atoms with Crippen LogP contribution in [0.3, 0.4) is 0 Å². The predicted molar refractivity (Wildman–Crippen MR) is 129 cm³/mol. The summed E-state index contributed by atoms with van der Waals surface area (Å²) in [6.07, 6.45) is 0. The third-order valence-corrected chi connectivity index (χ3v) is 6.10. The summed E-state index contributed by atoms with van der Waals surface area (Å²) in [6, 6.07) is 14.0. The molecule has 0 saturated carbocycles. The van der Waals surface area contributed by atoms with Crippen LogP contribution in [-0.2, 0) is 0 Å². The van der Waals surface area contributed by atoms with Crippen molar-refractivity contribution in [2.45, 2.75) is 0 Å². The van der Waals surface area contributed by atoms with Crippen LogP contribution in [0.2, 0.25) is 0 Å². The molecule has 0 spiro atoms. The van der Waals surface area contributed by atoms with Gasteiger partial charge in [0.2, 0.25) is 0 Å². The molecule has 34 heavy (non-hydrogen) atoms. The lowest BCUT2D eigenvalue weighted by molar-refractivity contribution is -0.384. The van der Waals surface area contributed by atoms with Gasteiger partial charge in [-0.25, -0.2) is 4.39 Å². The van der Waals surface area contributed by atoms with Gasteiger partial charge in [0.1, 0.15) is 5.82 Å². The van der Waals surface area contributed by atoms with Crippen LogP contribution in [0, 0.1) is 15.9 Å². The topological polar surface area (TPSA) is 85.7 Å². The van der Waals surface area contributed by atoms with Crippen LogP contribution in [0.25, 0.3) is 22.5 Å². The fourth-order valence-electron chi connectivity index (χ4n) is 4.15. The van der Waals surface area contributed by atoms with E-state index in [0.29, 0.717) is 41.2 Å². The maximum absolute atomic E-state index is 13.6. The van der Waals surface area contributed by atoms with Crippen molar-refractivity contribution in [3.63, 3.8) is 0 Å². The van der Waals surface area contributed by atoms with Gasteiger partial charge in [-0.05, 0) is 56.1 Å². The summed E-state index contributed by atoms with van der Waals surface area (Å²) in [5, 5.41) is 11.7. The summed E-state index contributed by atoms with van der Waals surface area (Å²) in [7, 11) is 4.07. The number of amides is 1. The van der Waals surface area contributed by atoms with Crippen molar-refractivity contribution in [2.24, 2.45) is 0 Å². The largest absolute Gasteiger partial charge is 0.354 e. The number of nitrogens with zero attached hydrogens (tertiary/aromatic N) is 4. The average Bonchev–Trinajstić information content (AvgIpc) is 3.28. The van der Waals surface area contributed by atoms with E-state index in [1.807, 2.05) is 14.1 Å². The number of aromatic amines is 1.